The smallest absolute Gasteiger partial charge is 0.287 e. The van der Waals surface area contributed by atoms with Crippen molar-refractivity contribution in [2.24, 2.45) is 5.41 Å². The lowest BCUT2D eigenvalue weighted by atomic mass is 10.1. The van der Waals surface area contributed by atoms with Crippen LogP contribution in [0, 0.1) is 5.41 Å². The Bertz CT molecular complexity index is 750. The molecule has 0 radical (unpaired) electrons. The van der Waals surface area contributed by atoms with Crippen LogP contribution in [0.2, 0.25) is 5.02 Å². The Morgan fingerprint density at radius 3 is 2.58 bits per heavy atom. The quantitative estimate of drug-likeness (QED) is 0.751. The first-order valence-electron chi connectivity index (χ1n) is 7.81. The zero-order chi connectivity index (χ0) is 17.2. The van der Waals surface area contributed by atoms with Crippen LogP contribution in [0.5, 0.6) is 0 Å². The molecule has 2 aromatic rings. The largest absolute Gasteiger partial charge is 0.350 e. The summed E-state index contributed by atoms with van der Waals surface area (Å²) in [5, 5.41) is 6.25. The number of carbonyl (C=O) groups is 2. The van der Waals surface area contributed by atoms with Gasteiger partial charge in [0.1, 0.15) is 5.69 Å². The second-order valence-corrected chi connectivity index (χ2v) is 6.88. The zero-order valence-electron chi connectivity index (χ0n) is 13.4. The number of benzene rings is 1. The fourth-order valence-corrected chi connectivity index (χ4v) is 2.33. The molecule has 1 fully saturated rings. The van der Waals surface area contributed by atoms with E-state index in [0.29, 0.717) is 18.1 Å². The van der Waals surface area contributed by atoms with Gasteiger partial charge in [0.15, 0.2) is 5.82 Å². The monoisotopic (exact) mass is 346 g/mol. The van der Waals surface area contributed by atoms with Gasteiger partial charge in [-0.25, -0.2) is 4.98 Å². The molecule has 0 atom stereocenters. The Morgan fingerprint density at radius 1 is 1.21 bits per heavy atom. The number of aromatic nitrogens is 2. The molecule has 6 nitrogen and oxygen atoms in total. The van der Waals surface area contributed by atoms with Crippen LogP contribution in [-0.4, -0.2) is 28.3 Å². The first-order valence-corrected chi connectivity index (χ1v) is 8.19. The molecule has 7 heteroatoms. The number of nitrogens with zero attached hydrogens (tertiary/aromatic N) is 1. The molecule has 126 valence electrons. The highest BCUT2D eigenvalue weighted by Gasteiger charge is 2.37. The van der Waals surface area contributed by atoms with Crippen LogP contribution in [0.4, 0.5) is 0 Å². The van der Waals surface area contributed by atoms with Crippen LogP contribution in [0.3, 0.4) is 0 Å². The highest BCUT2D eigenvalue weighted by molar-refractivity contribution is 6.30. The second-order valence-electron chi connectivity index (χ2n) is 6.45. The van der Waals surface area contributed by atoms with Gasteiger partial charge in [-0.3, -0.25) is 9.59 Å². The summed E-state index contributed by atoms with van der Waals surface area (Å²) >= 11 is 5.82. The maximum atomic E-state index is 12.1. The number of hydrogen-bond donors (Lipinski definition) is 3. The van der Waals surface area contributed by atoms with Crippen molar-refractivity contribution in [1.29, 1.82) is 0 Å². The highest BCUT2D eigenvalue weighted by atomic mass is 35.5. The lowest BCUT2D eigenvalue weighted by molar-refractivity contribution is 0.0940. The van der Waals surface area contributed by atoms with Gasteiger partial charge in [-0.1, -0.05) is 30.7 Å². The zero-order valence-corrected chi connectivity index (χ0v) is 14.1. The van der Waals surface area contributed by atoms with Crippen molar-refractivity contribution in [3.63, 3.8) is 0 Å². The van der Waals surface area contributed by atoms with E-state index in [1.54, 1.807) is 12.1 Å². The molecule has 1 aliphatic rings. The first kappa shape index (κ1) is 16.5. The lowest BCUT2D eigenvalue weighted by Gasteiger charge is -2.08. The lowest BCUT2D eigenvalue weighted by Crippen LogP contribution is -2.29. The van der Waals surface area contributed by atoms with Gasteiger partial charge >= 0.3 is 0 Å². The van der Waals surface area contributed by atoms with Crippen molar-refractivity contribution in [3.05, 3.63) is 52.6 Å². The second kappa shape index (κ2) is 6.65. The molecular weight excluding hydrogens is 328 g/mol. The molecule has 0 saturated heterocycles. The number of nitrogens with one attached hydrogen (secondary N) is 3. The Kier molecular flexibility index (Phi) is 4.57. The number of hydrogen-bond acceptors (Lipinski definition) is 3. The molecule has 2 amide bonds. The third kappa shape index (κ3) is 4.14. The molecule has 24 heavy (non-hydrogen) atoms. The number of halogens is 1. The maximum absolute atomic E-state index is 12.1. The first-order chi connectivity index (χ1) is 11.5. The van der Waals surface area contributed by atoms with Crippen LogP contribution in [0.1, 0.15) is 46.4 Å². The van der Waals surface area contributed by atoms with Crippen molar-refractivity contribution in [2.45, 2.75) is 26.3 Å². The van der Waals surface area contributed by atoms with Gasteiger partial charge in [-0.2, -0.15) is 0 Å². The minimum Gasteiger partial charge on any atom is -0.350 e. The Hall–Kier alpha value is -2.34. The van der Waals surface area contributed by atoms with Crippen LogP contribution >= 0.6 is 11.6 Å². The van der Waals surface area contributed by atoms with Gasteiger partial charge in [0.05, 0.1) is 6.20 Å². The maximum Gasteiger partial charge on any atom is 0.287 e. The van der Waals surface area contributed by atoms with Crippen LogP contribution in [-0.2, 0) is 6.54 Å². The predicted molar refractivity (Wildman–Crippen MR) is 90.9 cm³/mol. The SMILES string of the molecule is CC1(CNC(=O)c2cnc(C(=O)NCc3ccc(Cl)cc3)[nH]2)CC1. The number of aromatic amines is 1. The van der Waals surface area contributed by atoms with Gasteiger partial charge in [-0.15, -0.1) is 0 Å². The topological polar surface area (TPSA) is 86.9 Å². The van der Waals surface area contributed by atoms with E-state index in [1.165, 1.54) is 6.20 Å². The van der Waals surface area contributed by atoms with Gasteiger partial charge < -0.3 is 15.6 Å². The van der Waals surface area contributed by atoms with E-state index in [4.69, 9.17) is 11.6 Å². The van der Waals surface area contributed by atoms with Crippen molar-refractivity contribution in [2.75, 3.05) is 6.54 Å². The summed E-state index contributed by atoms with van der Waals surface area (Å²) in [7, 11) is 0. The summed E-state index contributed by atoms with van der Waals surface area (Å²) in [5.74, 6) is -0.489. The van der Waals surface area contributed by atoms with Gasteiger partial charge in [0.25, 0.3) is 11.8 Å². The molecule has 0 aliphatic heterocycles. The predicted octanol–water partition coefficient (Wildman–Crippen LogP) is 2.52. The van der Waals surface area contributed by atoms with E-state index in [2.05, 4.69) is 27.5 Å². The fraction of sp³-hybridized carbons (Fsp3) is 0.353. The molecule has 1 heterocycles. The third-order valence-electron chi connectivity index (χ3n) is 4.18. The molecule has 0 spiro atoms. The minimum absolute atomic E-state index is 0.117. The minimum atomic E-state index is -0.363. The number of rotatable bonds is 6. The number of carbonyl (C=O) groups excluding carboxylic acids is 2. The molecule has 3 N–H and O–H groups in total. The molecule has 1 aromatic carbocycles. The van der Waals surface area contributed by atoms with Crippen LogP contribution in [0.25, 0.3) is 0 Å². The number of amides is 2. The van der Waals surface area contributed by atoms with Gasteiger partial charge in [-0.05, 0) is 36.0 Å². The summed E-state index contributed by atoms with van der Waals surface area (Å²) in [6.07, 6.45) is 3.64. The van der Waals surface area contributed by atoms with Crippen molar-refractivity contribution in [1.82, 2.24) is 20.6 Å². The van der Waals surface area contributed by atoms with E-state index < -0.39 is 0 Å². The van der Waals surface area contributed by atoms with Crippen molar-refractivity contribution in [3.8, 4) is 0 Å². The molecule has 1 aromatic heterocycles. The van der Waals surface area contributed by atoms with Gasteiger partial charge in [0.2, 0.25) is 0 Å². The Balaban J connectivity index is 1.53. The van der Waals surface area contributed by atoms with E-state index >= 15 is 0 Å². The summed E-state index contributed by atoms with van der Waals surface area (Å²) in [6, 6.07) is 7.20. The Morgan fingerprint density at radius 2 is 1.92 bits per heavy atom. The van der Waals surface area contributed by atoms with E-state index in [-0.39, 0.29) is 28.7 Å². The van der Waals surface area contributed by atoms with Gasteiger partial charge in [0, 0.05) is 18.1 Å². The standard InChI is InChI=1S/C17H19ClN4O2/c1-17(6-7-17)10-21-15(23)13-9-19-14(22-13)16(24)20-8-11-2-4-12(18)5-3-11/h2-5,9H,6-8,10H2,1H3,(H,19,22)(H,20,24)(H,21,23). The van der Waals surface area contributed by atoms with Crippen molar-refractivity contribution < 1.29 is 9.59 Å². The van der Waals surface area contributed by atoms with E-state index in [1.807, 2.05) is 12.1 Å². The third-order valence-corrected chi connectivity index (χ3v) is 4.43. The molecule has 3 rings (SSSR count). The average molecular weight is 347 g/mol. The molecule has 0 unspecified atom stereocenters. The van der Waals surface area contributed by atoms with Crippen molar-refractivity contribution >= 4 is 23.4 Å². The molecule has 1 aliphatic carbocycles. The van der Waals surface area contributed by atoms with E-state index in [0.717, 1.165) is 18.4 Å². The normalized spacial score (nSPS) is 14.9. The molecular formula is C17H19ClN4O2. The summed E-state index contributed by atoms with van der Waals surface area (Å²) < 4.78 is 0. The number of H-pyrrole nitrogens is 1. The van der Waals surface area contributed by atoms with E-state index in [9.17, 15) is 9.59 Å². The number of imidazole rings is 1. The summed E-state index contributed by atoms with van der Waals surface area (Å²) in [4.78, 5) is 30.9. The summed E-state index contributed by atoms with van der Waals surface area (Å²) in [5.41, 5.74) is 1.44. The Labute approximate surface area is 145 Å². The molecule has 1 saturated carbocycles. The molecule has 0 bridgehead atoms. The highest BCUT2D eigenvalue weighted by Crippen LogP contribution is 2.44. The summed E-state index contributed by atoms with van der Waals surface area (Å²) in [6.45, 7) is 3.13. The van der Waals surface area contributed by atoms with Crippen LogP contribution < -0.4 is 10.6 Å². The average Bonchev–Trinajstić information content (AvgIpc) is 3.11. The fourth-order valence-electron chi connectivity index (χ4n) is 2.20. The van der Waals surface area contributed by atoms with Crippen LogP contribution in [0.15, 0.2) is 30.5 Å².